The van der Waals surface area contributed by atoms with Gasteiger partial charge in [0.2, 0.25) is 5.91 Å². The average molecular weight is 266 g/mol. The van der Waals surface area contributed by atoms with Crippen molar-refractivity contribution in [1.29, 1.82) is 0 Å². The Morgan fingerprint density at radius 3 is 2.78 bits per heavy atom. The summed E-state index contributed by atoms with van der Waals surface area (Å²) in [5, 5.41) is 13.7. The van der Waals surface area contributed by atoms with Crippen molar-refractivity contribution in [3.05, 3.63) is 28.2 Å². The lowest BCUT2D eigenvalue weighted by Gasteiger charge is -2.30. The molecule has 0 aromatic rings. The smallest absolute Gasteiger partial charge is 0.242 e. The molecule has 1 amide bonds. The molecule has 2 heterocycles. The molecule has 0 radical (unpaired) electrons. The maximum Gasteiger partial charge on any atom is 0.242 e. The Morgan fingerprint density at radius 1 is 1.44 bits per heavy atom. The van der Waals surface area contributed by atoms with Crippen LogP contribution in [0.2, 0.25) is 0 Å². The van der Waals surface area contributed by atoms with Gasteiger partial charge in [-0.25, -0.2) is 0 Å². The van der Waals surface area contributed by atoms with Crippen LogP contribution in [0.5, 0.6) is 0 Å². The zero-order valence-corrected chi connectivity index (χ0v) is 11.0. The Bertz CT molecular complexity index is 407. The fraction of sp³-hybridized carbons (Fsp3) is 0.538. The van der Waals surface area contributed by atoms with E-state index in [-0.39, 0.29) is 5.91 Å². The van der Waals surface area contributed by atoms with Crippen LogP contribution in [0.25, 0.3) is 0 Å². The van der Waals surface area contributed by atoms with Crippen molar-refractivity contribution in [3.63, 3.8) is 0 Å². The molecular formula is C13H18N2O2S. The van der Waals surface area contributed by atoms with Crippen LogP contribution in [-0.2, 0) is 4.79 Å². The fourth-order valence-electron chi connectivity index (χ4n) is 2.14. The lowest BCUT2D eigenvalue weighted by atomic mass is 10.0. The van der Waals surface area contributed by atoms with Gasteiger partial charge in [0.15, 0.2) is 0 Å². The summed E-state index contributed by atoms with van der Waals surface area (Å²) in [6.07, 6.45) is 3.93. The molecule has 2 atom stereocenters. The van der Waals surface area contributed by atoms with Crippen LogP contribution in [0.4, 0.5) is 0 Å². The number of likely N-dealkylation sites (tertiary alicyclic amines) is 1. The minimum Gasteiger partial charge on any atom is -0.386 e. The molecule has 0 saturated carbocycles. The summed E-state index contributed by atoms with van der Waals surface area (Å²) >= 11 is 1.43. The third-order valence-corrected chi connectivity index (χ3v) is 3.91. The van der Waals surface area contributed by atoms with Crippen molar-refractivity contribution < 1.29 is 9.90 Å². The maximum atomic E-state index is 12.1. The van der Waals surface area contributed by atoms with Crippen molar-refractivity contribution in [1.82, 2.24) is 4.90 Å². The van der Waals surface area contributed by atoms with E-state index >= 15 is 0 Å². The molecule has 2 rings (SSSR count). The number of carbonyl (C=O) groups excluding carboxylic acids is 1. The minimum absolute atomic E-state index is 0.156. The van der Waals surface area contributed by atoms with Gasteiger partial charge in [-0.15, -0.1) is 5.73 Å². The number of carbonyl (C=O) groups is 1. The highest BCUT2D eigenvalue weighted by Gasteiger charge is 2.29. The average Bonchev–Trinajstić information content (AvgIpc) is 2.47. The number of nitrogens with zero attached hydrogens (tertiary/aromatic N) is 1. The first-order valence-corrected chi connectivity index (χ1v) is 7.13. The number of thioether (sulfide) groups is 1. The van der Waals surface area contributed by atoms with Crippen molar-refractivity contribution in [2.24, 2.45) is 5.73 Å². The number of aliphatic hydroxyl groups excluding tert-OH is 1. The number of amides is 1. The first-order valence-electron chi connectivity index (χ1n) is 6.19. The van der Waals surface area contributed by atoms with Gasteiger partial charge >= 0.3 is 0 Å². The third-order valence-electron chi connectivity index (χ3n) is 3.22. The zero-order valence-electron chi connectivity index (χ0n) is 10.2. The number of aliphatic hydroxyl groups is 1. The number of hydrogen-bond acceptors (Lipinski definition) is 4. The molecule has 0 bridgehead atoms. The van der Waals surface area contributed by atoms with Gasteiger partial charge in [0.05, 0.1) is 0 Å². The molecule has 2 aliphatic heterocycles. The third kappa shape index (κ3) is 3.06. The van der Waals surface area contributed by atoms with Crippen molar-refractivity contribution in [2.45, 2.75) is 31.4 Å². The molecule has 0 unspecified atom stereocenters. The minimum atomic E-state index is -0.951. The molecular weight excluding hydrogens is 248 g/mol. The van der Waals surface area contributed by atoms with Gasteiger partial charge in [-0.05, 0) is 36.3 Å². The Kier molecular flexibility index (Phi) is 4.66. The number of nitrogens with two attached hydrogens (primary N) is 1. The summed E-state index contributed by atoms with van der Waals surface area (Å²) in [7, 11) is 0. The van der Waals surface area contributed by atoms with Gasteiger partial charge in [0, 0.05) is 18.5 Å². The van der Waals surface area contributed by atoms with Crippen LogP contribution < -0.4 is 5.73 Å². The van der Waals surface area contributed by atoms with Crippen LogP contribution in [0.1, 0.15) is 19.3 Å². The summed E-state index contributed by atoms with van der Waals surface area (Å²) in [6.45, 7) is 1.51. The lowest BCUT2D eigenvalue weighted by Crippen LogP contribution is -2.51. The van der Waals surface area contributed by atoms with Crippen molar-refractivity contribution in [2.75, 3.05) is 13.1 Å². The fourth-order valence-corrected chi connectivity index (χ4v) is 2.72. The van der Waals surface area contributed by atoms with E-state index < -0.39 is 12.1 Å². The first kappa shape index (κ1) is 13.4. The maximum absolute atomic E-state index is 12.1. The SMILES string of the molecule is N[C@@H](C(=O)N1CCCCC1)[C@@H](O)C1=CSC=C=C1. The van der Waals surface area contributed by atoms with Crippen molar-refractivity contribution in [3.8, 4) is 0 Å². The monoisotopic (exact) mass is 266 g/mol. The molecule has 4 nitrogen and oxygen atoms in total. The second kappa shape index (κ2) is 6.25. The van der Waals surface area contributed by atoms with E-state index in [2.05, 4.69) is 5.73 Å². The predicted molar refractivity (Wildman–Crippen MR) is 72.7 cm³/mol. The highest BCUT2D eigenvalue weighted by molar-refractivity contribution is 8.04. The van der Waals surface area contributed by atoms with E-state index in [0.717, 1.165) is 32.4 Å². The molecule has 2 aliphatic rings. The topological polar surface area (TPSA) is 66.6 Å². The summed E-state index contributed by atoms with van der Waals surface area (Å²) in [6, 6.07) is -0.883. The molecule has 0 spiro atoms. The Hall–Kier alpha value is -1.00. The number of rotatable bonds is 3. The van der Waals surface area contributed by atoms with E-state index in [1.807, 2.05) is 0 Å². The summed E-state index contributed by atoms with van der Waals surface area (Å²) < 4.78 is 0. The summed E-state index contributed by atoms with van der Waals surface area (Å²) in [5.74, 6) is -0.156. The Balaban J connectivity index is 1.99. The van der Waals surface area contributed by atoms with Gasteiger partial charge in [-0.2, -0.15) is 0 Å². The van der Waals surface area contributed by atoms with Gasteiger partial charge in [0.1, 0.15) is 12.1 Å². The standard InChI is InChI=1S/C13H18N2O2S/c14-11(12(16)10-5-4-8-18-9-10)13(17)15-6-2-1-3-7-15/h5,8-9,11-12,16H,1-3,6-7,14H2/t11-,12+/m1/s1. The van der Waals surface area contributed by atoms with Crippen LogP contribution in [0, 0.1) is 0 Å². The second-order valence-corrected chi connectivity index (χ2v) is 5.28. The largest absolute Gasteiger partial charge is 0.386 e. The van der Waals surface area contributed by atoms with Gasteiger partial charge in [-0.3, -0.25) is 4.79 Å². The van der Waals surface area contributed by atoms with Crippen LogP contribution in [-0.4, -0.2) is 41.1 Å². The molecule has 1 fully saturated rings. The Morgan fingerprint density at radius 2 is 2.17 bits per heavy atom. The number of piperidine rings is 1. The van der Waals surface area contributed by atoms with E-state index in [1.165, 1.54) is 11.8 Å². The molecule has 1 saturated heterocycles. The molecule has 0 aliphatic carbocycles. The first-order chi connectivity index (χ1) is 8.70. The quantitative estimate of drug-likeness (QED) is 0.748. The van der Waals surface area contributed by atoms with Crippen LogP contribution in [0.15, 0.2) is 28.2 Å². The Labute approximate surface area is 111 Å². The molecule has 98 valence electrons. The highest BCUT2D eigenvalue weighted by Crippen LogP contribution is 2.19. The van der Waals surface area contributed by atoms with Gasteiger partial charge in [-0.1, -0.05) is 11.8 Å². The van der Waals surface area contributed by atoms with E-state index in [9.17, 15) is 9.90 Å². The van der Waals surface area contributed by atoms with Crippen LogP contribution >= 0.6 is 11.8 Å². The van der Waals surface area contributed by atoms with E-state index in [4.69, 9.17) is 5.73 Å². The second-order valence-electron chi connectivity index (χ2n) is 4.54. The molecule has 0 aromatic carbocycles. The molecule has 5 heteroatoms. The molecule has 18 heavy (non-hydrogen) atoms. The summed E-state index contributed by atoms with van der Waals surface area (Å²) in [4.78, 5) is 13.9. The molecule has 3 N–H and O–H groups in total. The lowest BCUT2D eigenvalue weighted by molar-refractivity contribution is -0.135. The van der Waals surface area contributed by atoms with E-state index in [1.54, 1.807) is 21.8 Å². The van der Waals surface area contributed by atoms with Gasteiger partial charge < -0.3 is 15.7 Å². The summed E-state index contributed by atoms with van der Waals surface area (Å²) in [5.41, 5.74) is 9.42. The normalized spacial score (nSPS) is 22.6. The van der Waals surface area contributed by atoms with Crippen molar-refractivity contribution >= 4 is 17.7 Å². The zero-order chi connectivity index (χ0) is 13.0. The van der Waals surface area contributed by atoms with Gasteiger partial charge in [0.25, 0.3) is 0 Å². The predicted octanol–water partition coefficient (Wildman–Crippen LogP) is 0.987. The highest BCUT2D eigenvalue weighted by atomic mass is 32.2. The van der Waals surface area contributed by atoms with E-state index in [0.29, 0.717) is 5.57 Å². The number of hydrogen-bond donors (Lipinski definition) is 2. The molecule has 0 aromatic heterocycles. The van der Waals surface area contributed by atoms with Crippen LogP contribution in [0.3, 0.4) is 0 Å².